The first-order valence-corrected chi connectivity index (χ1v) is 8.28. The number of carbonyl (C=O) groups excluding carboxylic acids is 1. The van der Waals surface area contributed by atoms with Crippen LogP contribution in [0.2, 0.25) is 0 Å². The molecule has 1 fully saturated rings. The summed E-state index contributed by atoms with van der Waals surface area (Å²) in [5, 5.41) is 7.44. The zero-order valence-corrected chi connectivity index (χ0v) is 13.7. The van der Waals surface area contributed by atoms with Gasteiger partial charge in [0.05, 0.1) is 12.1 Å². The number of nitrogens with one attached hydrogen (secondary N) is 2. The monoisotopic (exact) mass is 322 g/mol. The lowest BCUT2D eigenvalue weighted by atomic mass is 9.83. The van der Waals surface area contributed by atoms with Crippen LogP contribution in [0.1, 0.15) is 41.4 Å². The molecule has 0 saturated heterocycles. The highest BCUT2D eigenvalue weighted by atomic mass is 32.1. The van der Waals surface area contributed by atoms with E-state index in [1.165, 1.54) is 30.6 Å². The number of thiazole rings is 1. The van der Waals surface area contributed by atoms with Gasteiger partial charge in [0, 0.05) is 29.6 Å². The molecular formula is C14H18N4OS2. The van der Waals surface area contributed by atoms with Crippen molar-refractivity contribution < 1.29 is 4.79 Å². The van der Waals surface area contributed by atoms with Crippen LogP contribution in [0.5, 0.6) is 0 Å². The second-order valence-corrected chi connectivity index (χ2v) is 7.27. The van der Waals surface area contributed by atoms with Gasteiger partial charge < -0.3 is 10.3 Å². The summed E-state index contributed by atoms with van der Waals surface area (Å²) in [7, 11) is 1.86. The Bertz CT molecular complexity index is 724. The predicted molar refractivity (Wildman–Crippen MR) is 86.4 cm³/mol. The second-order valence-electron chi connectivity index (χ2n) is 5.49. The molecule has 7 heteroatoms. The predicted octanol–water partition coefficient (Wildman–Crippen LogP) is 3.30. The van der Waals surface area contributed by atoms with E-state index in [0.717, 1.165) is 22.1 Å². The van der Waals surface area contributed by atoms with E-state index in [9.17, 15) is 4.79 Å². The van der Waals surface area contributed by atoms with E-state index in [0.29, 0.717) is 16.3 Å². The minimum atomic E-state index is -0.0356. The minimum absolute atomic E-state index is 0.0356. The zero-order valence-electron chi connectivity index (χ0n) is 12.1. The third-order valence-corrected chi connectivity index (χ3v) is 5.27. The smallest absolute Gasteiger partial charge is 0.230 e. The number of rotatable bonds is 4. The minimum Gasteiger partial charge on any atom is -0.341 e. The Balaban J connectivity index is 1.68. The van der Waals surface area contributed by atoms with Crippen LogP contribution in [0.4, 0.5) is 5.82 Å². The molecule has 0 aromatic carbocycles. The molecule has 3 rings (SSSR count). The van der Waals surface area contributed by atoms with Crippen molar-refractivity contribution in [1.29, 1.82) is 0 Å². The Hall–Kier alpha value is -1.47. The van der Waals surface area contributed by atoms with Gasteiger partial charge in [-0.25, -0.2) is 0 Å². The fraction of sp³-hybridized carbons (Fsp3) is 0.500. The first-order valence-electron chi connectivity index (χ1n) is 7.05. The second kappa shape index (κ2) is 5.73. The van der Waals surface area contributed by atoms with Gasteiger partial charge >= 0.3 is 0 Å². The molecule has 21 heavy (non-hydrogen) atoms. The lowest BCUT2D eigenvalue weighted by Gasteiger charge is -2.22. The highest BCUT2D eigenvalue weighted by Gasteiger charge is 2.23. The van der Waals surface area contributed by atoms with Crippen molar-refractivity contribution in [3.8, 4) is 0 Å². The van der Waals surface area contributed by atoms with Gasteiger partial charge in [-0.05, 0) is 32.0 Å². The molecule has 0 unspecified atom stereocenters. The van der Waals surface area contributed by atoms with E-state index in [-0.39, 0.29) is 5.91 Å². The number of anilines is 1. The molecule has 2 heterocycles. The quantitative estimate of drug-likeness (QED) is 0.849. The normalized spacial score (nSPS) is 15.0. The van der Waals surface area contributed by atoms with E-state index in [4.69, 9.17) is 12.2 Å². The average Bonchev–Trinajstić information content (AvgIpc) is 2.81. The van der Waals surface area contributed by atoms with Crippen LogP contribution < -0.4 is 5.32 Å². The summed E-state index contributed by atoms with van der Waals surface area (Å²) < 4.78 is 2.46. The van der Waals surface area contributed by atoms with Gasteiger partial charge in [-0.2, -0.15) is 5.10 Å². The van der Waals surface area contributed by atoms with Crippen LogP contribution in [-0.2, 0) is 18.3 Å². The van der Waals surface area contributed by atoms with Crippen molar-refractivity contribution in [3.05, 3.63) is 26.3 Å². The highest BCUT2D eigenvalue weighted by molar-refractivity contribution is 7.73. The number of carbonyl (C=O) groups is 1. The number of hydrogen-bond donors (Lipinski definition) is 2. The van der Waals surface area contributed by atoms with Crippen LogP contribution in [0, 0.1) is 10.9 Å². The maximum atomic E-state index is 12.2. The van der Waals surface area contributed by atoms with Gasteiger partial charge in [-0.15, -0.1) is 11.3 Å². The average molecular weight is 322 g/mol. The van der Waals surface area contributed by atoms with E-state index in [1.54, 1.807) is 4.68 Å². The van der Waals surface area contributed by atoms with E-state index < -0.39 is 0 Å². The number of amides is 1. The number of hydrogen-bond acceptors (Lipinski definition) is 4. The summed E-state index contributed by atoms with van der Waals surface area (Å²) in [5.74, 6) is 1.30. The van der Waals surface area contributed by atoms with Crippen LogP contribution in [0.15, 0.2) is 6.07 Å². The number of nitrogens with zero attached hydrogens (tertiary/aromatic N) is 2. The number of aryl methyl sites for hydroxylation is 2. The van der Waals surface area contributed by atoms with Crippen molar-refractivity contribution in [2.45, 2.75) is 38.5 Å². The van der Waals surface area contributed by atoms with Gasteiger partial charge in [-0.3, -0.25) is 9.48 Å². The third-order valence-electron chi connectivity index (χ3n) is 3.93. The van der Waals surface area contributed by atoms with E-state index in [2.05, 4.69) is 15.4 Å². The van der Waals surface area contributed by atoms with Gasteiger partial charge in [0.25, 0.3) is 0 Å². The van der Waals surface area contributed by atoms with Crippen LogP contribution >= 0.6 is 23.6 Å². The molecule has 1 saturated carbocycles. The molecule has 1 aliphatic rings. The summed E-state index contributed by atoms with van der Waals surface area (Å²) in [6.45, 7) is 1.94. The molecule has 0 aliphatic heterocycles. The summed E-state index contributed by atoms with van der Waals surface area (Å²) in [6, 6.07) is 1.99. The van der Waals surface area contributed by atoms with Crippen LogP contribution in [-0.4, -0.2) is 20.7 Å². The van der Waals surface area contributed by atoms with Gasteiger partial charge in [-0.1, -0.05) is 6.42 Å². The molecule has 0 bridgehead atoms. The van der Waals surface area contributed by atoms with Gasteiger partial charge in [0.2, 0.25) is 5.91 Å². The molecule has 5 nitrogen and oxygen atoms in total. The maximum absolute atomic E-state index is 12.2. The molecule has 2 aromatic heterocycles. The summed E-state index contributed by atoms with van der Waals surface area (Å²) in [4.78, 5) is 16.2. The summed E-state index contributed by atoms with van der Waals surface area (Å²) >= 11 is 6.55. The lowest BCUT2D eigenvalue weighted by molar-refractivity contribution is -0.115. The zero-order chi connectivity index (χ0) is 15.0. The van der Waals surface area contributed by atoms with Gasteiger partial charge in [0.15, 0.2) is 3.95 Å². The topological polar surface area (TPSA) is 62.7 Å². The molecular weight excluding hydrogens is 304 g/mol. The Morgan fingerprint density at radius 3 is 2.95 bits per heavy atom. The van der Waals surface area contributed by atoms with Crippen molar-refractivity contribution >= 4 is 35.3 Å². The Morgan fingerprint density at radius 1 is 1.62 bits per heavy atom. The SMILES string of the molecule is Cc1[nH]c(=S)sc1CC(=O)Nc1cc(C2CCC2)nn1C. The van der Waals surface area contributed by atoms with Crippen molar-refractivity contribution in [3.63, 3.8) is 0 Å². The summed E-state index contributed by atoms with van der Waals surface area (Å²) in [6.07, 6.45) is 4.03. The standard InChI is InChI=1S/C14H18N4OS2/c1-8-11(21-14(20)15-8)7-13(19)16-12-6-10(17-18(12)2)9-4-3-5-9/h6,9H,3-5,7H2,1-2H3,(H,15,20)(H,16,19). The Morgan fingerprint density at radius 2 is 2.38 bits per heavy atom. The first kappa shape index (κ1) is 14.5. The molecule has 2 N–H and O–H groups in total. The van der Waals surface area contributed by atoms with E-state index >= 15 is 0 Å². The molecule has 0 atom stereocenters. The van der Waals surface area contributed by atoms with Crippen molar-refractivity contribution in [2.75, 3.05) is 5.32 Å². The number of H-pyrrole nitrogens is 1. The van der Waals surface area contributed by atoms with Crippen LogP contribution in [0.3, 0.4) is 0 Å². The Labute approximate surface area is 132 Å². The van der Waals surface area contributed by atoms with Crippen molar-refractivity contribution in [2.24, 2.45) is 7.05 Å². The molecule has 1 aliphatic carbocycles. The van der Waals surface area contributed by atoms with Crippen molar-refractivity contribution in [1.82, 2.24) is 14.8 Å². The van der Waals surface area contributed by atoms with Gasteiger partial charge in [0.1, 0.15) is 5.82 Å². The molecule has 1 amide bonds. The fourth-order valence-corrected chi connectivity index (χ4v) is 3.74. The highest BCUT2D eigenvalue weighted by Crippen LogP contribution is 2.36. The van der Waals surface area contributed by atoms with Crippen LogP contribution in [0.25, 0.3) is 0 Å². The molecule has 0 spiro atoms. The molecule has 2 aromatic rings. The largest absolute Gasteiger partial charge is 0.341 e. The lowest BCUT2D eigenvalue weighted by Crippen LogP contribution is -2.16. The maximum Gasteiger partial charge on any atom is 0.230 e. The Kier molecular flexibility index (Phi) is 3.95. The molecule has 0 radical (unpaired) electrons. The first-order chi connectivity index (χ1) is 10.0. The van der Waals surface area contributed by atoms with E-state index in [1.807, 2.05) is 20.0 Å². The molecule has 112 valence electrons. The summed E-state index contributed by atoms with van der Waals surface area (Å²) in [5.41, 5.74) is 2.06. The number of aromatic amines is 1. The third kappa shape index (κ3) is 3.08. The fourth-order valence-electron chi connectivity index (χ4n) is 2.45. The number of aromatic nitrogens is 3.